The van der Waals surface area contributed by atoms with Crippen LogP contribution < -0.4 is 0 Å². The first-order valence-corrected chi connectivity index (χ1v) is 10.0. The monoisotopic (exact) mass is 370 g/mol. The van der Waals surface area contributed by atoms with Gasteiger partial charge in [0.2, 0.25) is 12.2 Å². The summed E-state index contributed by atoms with van der Waals surface area (Å²) >= 11 is 0. The topological polar surface area (TPSA) is 58.9 Å². The van der Waals surface area contributed by atoms with E-state index in [4.69, 9.17) is 0 Å². The van der Waals surface area contributed by atoms with Crippen LogP contribution in [0.4, 0.5) is 11.4 Å². The molecule has 0 aromatic heterocycles. The van der Waals surface area contributed by atoms with Crippen molar-refractivity contribution < 1.29 is 9.59 Å². The first-order chi connectivity index (χ1) is 13.6. The largest absolute Gasteiger partial charge is 0.240 e. The van der Waals surface area contributed by atoms with Gasteiger partial charge < -0.3 is 0 Å². The van der Waals surface area contributed by atoms with E-state index < -0.39 is 0 Å². The number of aliphatic imine (C=N–C) groups is 2. The summed E-state index contributed by atoms with van der Waals surface area (Å²) in [7, 11) is 0. The van der Waals surface area contributed by atoms with Crippen molar-refractivity contribution in [3.8, 4) is 0 Å². The highest BCUT2D eigenvalue weighted by molar-refractivity contribution is 5.52. The van der Waals surface area contributed by atoms with Gasteiger partial charge in [-0.3, -0.25) is 0 Å². The van der Waals surface area contributed by atoms with Crippen LogP contribution in [-0.2, 0) is 20.4 Å². The van der Waals surface area contributed by atoms with E-state index in [9.17, 15) is 9.59 Å². The molecule has 4 bridgehead atoms. The molecule has 2 aromatic rings. The van der Waals surface area contributed by atoms with Crippen molar-refractivity contribution in [1.29, 1.82) is 0 Å². The molecule has 6 rings (SSSR count). The van der Waals surface area contributed by atoms with Gasteiger partial charge in [0.25, 0.3) is 0 Å². The molecule has 140 valence electrons. The summed E-state index contributed by atoms with van der Waals surface area (Å²) in [5.74, 6) is 1.53. The Balaban J connectivity index is 1.53. The number of benzene rings is 2. The van der Waals surface area contributed by atoms with Crippen LogP contribution in [0.25, 0.3) is 0 Å². The molecule has 0 atom stereocenters. The minimum atomic E-state index is 0.215. The lowest BCUT2D eigenvalue weighted by Crippen LogP contribution is -2.55. The summed E-state index contributed by atoms with van der Waals surface area (Å²) < 4.78 is 0. The highest BCUT2D eigenvalue weighted by Gasteiger charge is 2.58. The summed E-state index contributed by atoms with van der Waals surface area (Å²) in [5.41, 5.74) is 4.55. The lowest BCUT2D eigenvalue weighted by Gasteiger charge is -2.62. The molecule has 0 aliphatic heterocycles. The Morgan fingerprint density at radius 3 is 1.43 bits per heavy atom. The van der Waals surface area contributed by atoms with Gasteiger partial charge in [0, 0.05) is 0 Å². The minimum absolute atomic E-state index is 0.215. The Bertz CT molecular complexity index is 902. The van der Waals surface area contributed by atoms with E-state index in [1.807, 2.05) is 24.3 Å². The van der Waals surface area contributed by atoms with Crippen LogP contribution in [0.2, 0.25) is 0 Å². The maximum absolute atomic E-state index is 10.5. The average Bonchev–Trinajstić information content (AvgIpc) is 2.68. The number of carbonyl (C=O) groups excluding carboxylic acids is 2. The summed E-state index contributed by atoms with van der Waals surface area (Å²) in [5, 5.41) is 0. The predicted octanol–water partition coefficient (Wildman–Crippen LogP) is 5.41. The summed E-state index contributed by atoms with van der Waals surface area (Å²) in [4.78, 5) is 28.5. The van der Waals surface area contributed by atoms with E-state index in [1.54, 1.807) is 12.2 Å². The van der Waals surface area contributed by atoms with Gasteiger partial charge >= 0.3 is 0 Å². The maximum Gasteiger partial charge on any atom is 0.240 e. The zero-order valence-electron chi connectivity index (χ0n) is 15.7. The molecule has 4 heteroatoms. The van der Waals surface area contributed by atoms with Gasteiger partial charge in [-0.05, 0) is 96.6 Å². The van der Waals surface area contributed by atoms with Crippen molar-refractivity contribution in [2.45, 2.75) is 49.4 Å². The smallest absolute Gasteiger partial charge is 0.211 e. The molecule has 28 heavy (non-hydrogen) atoms. The fraction of sp³-hybridized carbons (Fsp3) is 0.417. The van der Waals surface area contributed by atoms with Crippen LogP contribution in [0.1, 0.15) is 49.7 Å². The molecule has 0 saturated heterocycles. The van der Waals surface area contributed by atoms with E-state index in [1.165, 1.54) is 49.7 Å². The number of hydrogen-bond acceptors (Lipinski definition) is 4. The molecular formula is C24H22N2O2. The molecule has 2 aromatic carbocycles. The Labute approximate surface area is 164 Å². The molecule has 0 radical (unpaired) electrons. The van der Waals surface area contributed by atoms with E-state index in [2.05, 4.69) is 34.3 Å². The minimum Gasteiger partial charge on any atom is -0.211 e. The zero-order chi connectivity index (χ0) is 19.2. The molecule has 0 N–H and O–H groups in total. The molecule has 4 aliphatic carbocycles. The van der Waals surface area contributed by atoms with Gasteiger partial charge in [0.05, 0.1) is 11.4 Å². The third-order valence-corrected chi connectivity index (χ3v) is 7.37. The average molecular weight is 370 g/mol. The van der Waals surface area contributed by atoms with Crippen LogP contribution in [-0.4, -0.2) is 12.2 Å². The molecule has 0 amide bonds. The van der Waals surface area contributed by atoms with Crippen molar-refractivity contribution in [3.63, 3.8) is 0 Å². The summed E-state index contributed by atoms with van der Waals surface area (Å²) in [6, 6.07) is 16.4. The van der Waals surface area contributed by atoms with Gasteiger partial charge in [-0.1, -0.05) is 24.3 Å². The first kappa shape index (κ1) is 17.3. The standard InChI is InChI=1S/C24H22N2O2/c27-15-25-21-5-1-19(2-6-21)23-10-17-9-18(11-23)13-24(12-17,14-23)20-3-7-22(8-4-20)26-16-28/h1-8,17-18H,9-14H2. The van der Waals surface area contributed by atoms with Crippen LogP contribution in [0.5, 0.6) is 0 Å². The summed E-state index contributed by atoms with van der Waals surface area (Å²) in [6.07, 6.45) is 10.8. The van der Waals surface area contributed by atoms with Crippen molar-refractivity contribution in [2.75, 3.05) is 0 Å². The number of nitrogens with zero attached hydrogens (tertiary/aromatic N) is 2. The molecule has 4 saturated carbocycles. The number of hydrogen-bond donors (Lipinski definition) is 0. The van der Waals surface area contributed by atoms with Crippen molar-refractivity contribution in [2.24, 2.45) is 21.8 Å². The fourth-order valence-electron chi connectivity index (χ4n) is 6.82. The van der Waals surface area contributed by atoms with E-state index >= 15 is 0 Å². The normalized spacial score (nSPS) is 32.4. The zero-order valence-corrected chi connectivity index (χ0v) is 15.7. The third-order valence-electron chi connectivity index (χ3n) is 7.37. The third kappa shape index (κ3) is 2.69. The van der Waals surface area contributed by atoms with Gasteiger partial charge in [0.15, 0.2) is 0 Å². The second kappa shape index (κ2) is 6.38. The molecule has 0 spiro atoms. The molecule has 4 fully saturated rings. The maximum atomic E-state index is 10.5. The van der Waals surface area contributed by atoms with E-state index in [0.29, 0.717) is 11.4 Å². The Morgan fingerprint density at radius 2 is 1.07 bits per heavy atom. The first-order valence-electron chi connectivity index (χ1n) is 10.0. The second-order valence-electron chi connectivity index (χ2n) is 9.02. The van der Waals surface area contributed by atoms with Crippen molar-refractivity contribution >= 4 is 23.5 Å². The molecular weight excluding hydrogens is 348 g/mol. The van der Waals surface area contributed by atoms with Crippen molar-refractivity contribution in [3.05, 3.63) is 59.7 Å². The predicted molar refractivity (Wildman–Crippen MR) is 106 cm³/mol. The number of rotatable bonds is 4. The molecule has 4 nitrogen and oxygen atoms in total. The Hall–Kier alpha value is -2.80. The van der Waals surface area contributed by atoms with Crippen LogP contribution in [0, 0.1) is 11.8 Å². The van der Waals surface area contributed by atoms with Gasteiger partial charge in [-0.15, -0.1) is 0 Å². The van der Waals surface area contributed by atoms with Gasteiger partial charge in [-0.25, -0.2) is 9.59 Å². The van der Waals surface area contributed by atoms with Crippen LogP contribution >= 0.6 is 0 Å². The van der Waals surface area contributed by atoms with E-state index in [-0.39, 0.29) is 10.8 Å². The lowest BCUT2D eigenvalue weighted by molar-refractivity contribution is -0.0281. The van der Waals surface area contributed by atoms with Gasteiger partial charge in [-0.2, -0.15) is 9.98 Å². The lowest BCUT2D eigenvalue weighted by atomic mass is 9.42. The molecule has 0 unspecified atom stereocenters. The molecule has 0 heterocycles. The Kier molecular flexibility index (Phi) is 3.94. The quantitative estimate of drug-likeness (QED) is 0.533. The number of isocyanates is 2. The van der Waals surface area contributed by atoms with Crippen LogP contribution in [0.15, 0.2) is 58.5 Å². The van der Waals surface area contributed by atoms with E-state index in [0.717, 1.165) is 11.8 Å². The Morgan fingerprint density at radius 1 is 0.679 bits per heavy atom. The summed E-state index contributed by atoms with van der Waals surface area (Å²) in [6.45, 7) is 0. The fourth-order valence-corrected chi connectivity index (χ4v) is 6.82. The van der Waals surface area contributed by atoms with Gasteiger partial charge in [0.1, 0.15) is 0 Å². The highest BCUT2D eigenvalue weighted by Crippen LogP contribution is 2.66. The van der Waals surface area contributed by atoms with Crippen molar-refractivity contribution in [1.82, 2.24) is 0 Å². The van der Waals surface area contributed by atoms with Crippen LogP contribution in [0.3, 0.4) is 0 Å². The highest BCUT2D eigenvalue weighted by atomic mass is 16.1. The second-order valence-corrected chi connectivity index (χ2v) is 9.02. The molecule has 4 aliphatic rings. The SMILES string of the molecule is O=C=Nc1ccc(C23CC4CC(C2)CC(c2ccc(N=C=O)cc2)(C4)C3)cc1.